The lowest BCUT2D eigenvalue weighted by atomic mass is 10.0. The Bertz CT molecular complexity index is 581. The molecule has 1 aliphatic rings. The molecule has 1 saturated heterocycles. The van der Waals surface area contributed by atoms with Crippen molar-refractivity contribution in [1.82, 2.24) is 5.32 Å². The zero-order valence-corrected chi connectivity index (χ0v) is 19.5. The van der Waals surface area contributed by atoms with E-state index in [2.05, 4.69) is 15.6 Å². The Hall–Kier alpha value is -1.26. The topological polar surface area (TPSA) is 73.3 Å². The monoisotopic (exact) mass is 507 g/mol. The molecule has 0 radical (unpaired) electrons. The summed E-state index contributed by atoms with van der Waals surface area (Å²) in [4.78, 5) is 4.61. The van der Waals surface area contributed by atoms with E-state index >= 15 is 0 Å². The standard InChI is InChI=1S/C20H33N3O4.HI/c1-4-21-20(23-17-6-7-18(24-2)19(14-17)25-3)22-10-5-11-27-15-16-8-12-26-13-9-16;/h6-7,14,16H,4-5,8-13,15H2,1-3H3,(H2,21,22,23);1H. The van der Waals surface area contributed by atoms with Gasteiger partial charge >= 0.3 is 0 Å². The van der Waals surface area contributed by atoms with Gasteiger partial charge in [0, 0.05) is 51.3 Å². The van der Waals surface area contributed by atoms with Crippen LogP contribution in [0.3, 0.4) is 0 Å². The second-order valence-electron chi connectivity index (χ2n) is 6.44. The molecule has 7 nitrogen and oxygen atoms in total. The quantitative estimate of drug-likeness (QED) is 0.219. The van der Waals surface area contributed by atoms with Crippen LogP contribution in [0.4, 0.5) is 5.69 Å². The van der Waals surface area contributed by atoms with Gasteiger partial charge in [-0.05, 0) is 44.2 Å². The predicted octanol–water partition coefficient (Wildman–Crippen LogP) is 3.53. The minimum absolute atomic E-state index is 0. The smallest absolute Gasteiger partial charge is 0.195 e. The molecule has 0 amide bonds. The van der Waals surface area contributed by atoms with Crippen LogP contribution in [-0.2, 0) is 9.47 Å². The Morgan fingerprint density at radius 3 is 2.61 bits per heavy atom. The maximum atomic E-state index is 5.79. The normalized spacial score (nSPS) is 14.9. The van der Waals surface area contributed by atoms with Gasteiger partial charge in [0.15, 0.2) is 17.5 Å². The Balaban J connectivity index is 0.00000392. The lowest BCUT2D eigenvalue weighted by molar-refractivity contribution is 0.0205. The van der Waals surface area contributed by atoms with Crippen LogP contribution >= 0.6 is 24.0 Å². The molecule has 0 spiro atoms. The van der Waals surface area contributed by atoms with E-state index in [0.717, 1.165) is 63.9 Å². The van der Waals surface area contributed by atoms with Crippen molar-refractivity contribution in [3.63, 3.8) is 0 Å². The van der Waals surface area contributed by atoms with Crippen LogP contribution in [0.5, 0.6) is 11.5 Å². The van der Waals surface area contributed by atoms with Crippen molar-refractivity contribution >= 4 is 35.6 Å². The number of rotatable bonds is 10. The molecule has 1 aliphatic heterocycles. The fourth-order valence-electron chi connectivity index (χ4n) is 2.88. The summed E-state index contributed by atoms with van der Waals surface area (Å²) >= 11 is 0. The van der Waals surface area contributed by atoms with Crippen LogP contribution in [0.25, 0.3) is 0 Å². The Morgan fingerprint density at radius 2 is 1.93 bits per heavy atom. The zero-order chi connectivity index (χ0) is 19.3. The Morgan fingerprint density at radius 1 is 1.18 bits per heavy atom. The summed E-state index contributed by atoms with van der Waals surface area (Å²) < 4.78 is 21.8. The predicted molar refractivity (Wildman–Crippen MR) is 124 cm³/mol. The van der Waals surface area contributed by atoms with E-state index in [-0.39, 0.29) is 24.0 Å². The van der Waals surface area contributed by atoms with Gasteiger partial charge in [0.05, 0.1) is 14.2 Å². The lowest BCUT2D eigenvalue weighted by Crippen LogP contribution is -2.30. The lowest BCUT2D eigenvalue weighted by Gasteiger charge is -2.21. The molecule has 0 bridgehead atoms. The summed E-state index contributed by atoms with van der Waals surface area (Å²) in [6.07, 6.45) is 3.11. The first-order valence-corrected chi connectivity index (χ1v) is 9.69. The van der Waals surface area contributed by atoms with Crippen molar-refractivity contribution in [2.24, 2.45) is 10.9 Å². The summed E-state index contributed by atoms with van der Waals surface area (Å²) in [5.41, 5.74) is 0.892. The van der Waals surface area contributed by atoms with Gasteiger partial charge in [-0.2, -0.15) is 0 Å². The molecule has 0 atom stereocenters. The van der Waals surface area contributed by atoms with Gasteiger partial charge in [-0.15, -0.1) is 24.0 Å². The van der Waals surface area contributed by atoms with Crippen LogP contribution in [0.15, 0.2) is 23.2 Å². The van der Waals surface area contributed by atoms with Crippen molar-refractivity contribution in [1.29, 1.82) is 0 Å². The van der Waals surface area contributed by atoms with E-state index in [1.165, 1.54) is 0 Å². The van der Waals surface area contributed by atoms with Gasteiger partial charge in [0.2, 0.25) is 0 Å². The SMILES string of the molecule is CCNC(=NCCCOCC1CCOCC1)Nc1ccc(OC)c(OC)c1.I. The van der Waals surface area contributed by atoms with E-state index in [0.29, 0.717) is 24.0 Å². The molecule has 8 heteroatoms. The van der Waals surface area contributed by atoms with Crippen molar-refractivity contribution in [3.05, 3.63) is 18.2 Å². The van der Waals surface area contributed by atoms with Crippen molar-refractivity contribution in [2.45, 2.75) is 26.2 Å². The first-order valence-electron chi connectivity index (χ1n) is 9.69. The zero-order valence-electron chi connectivity index (χ0n) is 17.2. The second kappa shape index (κ2) is 14.7. The Labute approximate surface area is 185 Å². The maximum absolute atomic E-state index is 5.79. The molecular weight excluding hydrogens is 473 g/mol. The van der Waals surface area contributed by atoms with Crippen LogP contribution in [0.2, 0.25) is 0 Å². The number of ether oxygens (including phenoxy) is 4. The average Bonchev–Trinajstić information content (AvgIpc) is 2.71. The summed E-state index contributed by atoms with van der Waals surface area (Å²) in [5.74, 6) is 2.77. The largest absolute Gasteiger partial charge is 0.493 e. The third-order valence-electron chi connectivity index (χ3n) is 4.40. The van der Waals surface area contributed by atoms with Gasteiger partial charge < -0.3 is 29.6 Å². The van der Waals surface area contributed by atoms with Crippen LogP contribution < -0.4 is 20.1 Å². The third kappa shape index (κ3) is 8.83. The molecule has 160 valence electrons. The van der Waals surface area contributed by atoms with E-state index in [1.807, 2.05) is 25.1 Å². The number of hydrogen-bond acceptors (Lipinski definition) is 5. The van der Waals surface area contributed by atoms with Crippen LogP contribution in [-0.4, -0.2) is 59.7 Å². The number of anilines is 1. The van der Waals surface area contributed by atoms with E-state index in [4.69, 9.17) is 18.9 Å². The summed E-state index contributed by atoms with van der Waals surface area (Å²) in [6.45, 7) is 6.84. The van der Waals surface area contributed by atoms with Gasteiger partial charge in [0.25, 0.3) is 0 Å². The van der Waals surface area contributed by atoms with Crippen LogP contribution in [0, 0.1) is 5.92 Å². The van der Waals surface area contributed by atoms with Gasteiger partial charge in [-0.25, -0.2) is 0 Å². The van der Waals surface area contributed by atoms with Gasteiger partial charge in [0.1, 0.15) is 0 Å². The van der Waals surface area contributed by atoms with Crippen LogP contribution in [0.1, 0.15) is 26.2 Å². The number of guanidine groups is 1. The molecular formula is C20H34IN3O4. The fourth-order valence-corrected chi connectivity index (χ4v) is 2.88. The first kappa shape index (κ1) is 24.8. The number of nitrogens with zero attached hydrogens (tertiary/aromatic N) is 1. The number of halogens is 1. The molecule has 0 unspecified atom stereocenters. The first-order chi connectivity index (χ1) is 13.3. The van der Waals surface area contributed by atoms with Gasteiger partial charge in [-0.1, -0.05) is 0 Å². The number of methoxy groups -OCH3 is 2. The molecule has 0 saturated carbocycles. The number of benzene rings is 1. The van der Waals surface area contributed by atoms with Crippen molar-refractivity contribution < 1.29 is 18.9 Å². The van der Waals surface area contributed by atoms with Crippen molar-refractivity contribution in [2.75, 3.05) is 59.1 Å². The average molecular weight is 507 g/mol. The number of aliphatic imine (C=N–C) groups is 1. The molecule has 0 aliphatic carbocycles. The summed E-state index contributed by atoms with van der Waals surface area (Å²) in [7, 11) is 3.25. The molecule has 1 fully saturated rings. The second-order valence-corrected chi connectivity index (χ2v) is 6.44. The van der Waals surface area contributed by atoms with E-state index in [9.17, 15) is 0 Å². The maximum Gasteiger partial charge on any atom is 0.195 e. The minimum atomic E-state index is 0. The molecule has 2 N–H and O–H groups in total. The van der Waals surface area contributed by atoms with E-state index < -0.39 is 0 Å². The highest BCUT2D eigenvalue weighted by Crippen LogP contribution is 2.29. The molecule has 1 heterocycles. The Kier molecular flexibility index (Phi) is 13.0. The fraction of sp³-hybridized carbons (Fsp3) is 0.650. The molecule has 1 aromatic rings. The highest BCUT2D eigenvalue weighted by atomic mass is 127. The molecule has 0 aromatic heterocycles. The van der Waals surface area contributed by atoms with Gasteiger partial charge in [-0.3, -0.25) is 4.99 Å². The molecule has 28 heavy (non-hydrogen) atoms. The highest BCUT2D eigenvalue weighted by Gasteiger charge is 2.13. The summed E-state index contributed by atoms with van der Waals surface area (Å²) in [5, 5.41) is 6.55. The highest BCUT2D eigenvalue weighted by molar-refractivity contribution is 14.0. The van der Waals surface area contributed by atoms with Crippen molar-refractivity contribution in [3.8, 4) is 11.5 Å². The summed E-state index contributed by atoms with van der Waals surface area (Å²) in [6, 6.07) is 5.70. The molecule has 1 aromatic carbocycles. The third-order valence-corrected chi connectivity index (χ3v) is 4.40. The number of nitrogens with one attached hydrogen (secondary N) is 2. The number of hydrogen-bond donors (Lipinski definition) is 2. The van der Waals surface area contributed by atoms with E-state index in [1.54, 1.807) is 14.2 Å². The minimum Gasteiger partial charge on any atom is -0.493 e. The molecule has 2 rings (SSSR count).